The summed E-state index contributed by atoms with van der Waals surface area (Å²) in [5.41, 5.74) is 12.2. The van der Waals surface area contributed by atoms with E-state index in [1.807, 2.05) is 19.2 Å². The molecule has 3 rings (SSSR count). The molecule has 2 aromatic rings. The average Bonchev–Trinajstić information content (AvgIpc) is 2.71. The third kappa shape index (κ3) is 5.45. The summed E-state index contributed by atoms with van der Waals surface area (Å²) in [5, 5.41) is 13.3. The van der Waals surface area contributed by atoms with Gasteiger partial charge in [0.15, 0.2) is 0 Å². The third-order valence-corrected chi connectivity index (χ3v) is 6.22. The Kier molecular flexibility index (Phi) is 7.46. The van der Waals surface area contributed by atoms with Crippen LogP contribution in [0.25, 0.3) is 0 Å². The SMILES string of the molecule is CNC(c1ccc(Br)cc1C(N)=NCc1ccc(C)c(C)c1)N1CCC(O)CC1. The summed E-state index contributed by atoms with van der Waals surface area (Å²) in [6.45, 7) is 6.48. The van der Waals surface area contributed by atoms with Crippen LogP contribution in [0.3, 0.4) is 0 Å². The highest BCUT2D eigenvalue weighted by Gasteiger charge is 2.26. The maximum absolute atomic E-state index is 9.85. The quantitative estimate of drug-likeness (QED) is 0.456. The monoisotopic (exact) mass is 458 g/mol. The number of halogens is 1. The molecule has 0 bridgehead atoms. The maximum atomic E-state index is 9.85. The van der Waals surface area contributed by atoms with Crippen molar-refractivity contribution in [3.05, 3.63) is 68.7 Å². The Morgan fingerprint density at radius 1 is 1.21 bits per heavy atom. The number of benzene rings is 2. The molecule has 5 nitrogen and oxygen atoms in total. The Morgan fingerprint density at radius 2 is 1.93 bits per heavy atom. The fourth-order valence-corrected chi connectivity index (χ4v) is 4.19. The fraction of sp³-hybridized carbons (Fsp3) is 0.435. The van der Waals surface area contributed by atoms with Crippen LogP contribution in [-0.4, -0.2) is 42.1 Å². The number of nitrogens with zero attached hydrogens (tertiary/aromatic N) is 2. The molecular formula is C23H31BrN4O. The molecule has 0 amide bonds. The second-order valence-electron chi connectivity index (χ2n) is 7.81. The zero-order valence-corrected chi connectivity index (χ0v) is 19.0. The number of aliphatic hydroxyl groups is 1. The van der Waals surface area contributed by atoms with Gasteiger partial charge in [-0.2, -0.15) is 0 Å². The lowest BCUT2D eigenvalue weighted by atomic mass is 10.00. The van der Waals surface area contributed by atoms with Crippen LogP contribution < -0.4 is 11.1 Å². The molecule has 0 radical (unpaired) electrons. The first-order chi connectivity index (χ1) is 13.9. The Labute approximate surface area is 182 Å². The standard InChI is InChI=1S/C23H31BrN4O/c1-15-4-5-17(12-16(15)2)14-27-22(25)21-13-18(24)6-7-20(21)23(26-3)28-10-8-19(29)9-11-28/h4-7,12-13,19,23,26,29H,8-11,14H2,1-3H3,(H2,25,27). The van der Waals surface area contributed by atoms with Gasteiger partial charge in [0, 0.05) is 23.1 Å². The van der Waals surface area contributed by atoms with Crippen LogP contribution in [0.5, 0.6) is 0 Å². The second-order valence-corrected chi connectivity index (χ2v) is 8.73. The number of likely N-dealkylation sites (tertiary alicyclic amines) is 1. The molecule has 0 aliphatic carbocycles. The van der Waals surface area contributed by atoms with Crippen LogP contribution in [0.15, 0.2) is 45.9 Å². The van der Waals surface area contributed by atoms with Crippen LogP contribution in [0, 0.1) is 13.8 Å². The van der Waals surface area contributed by atoms with Gasteiger partial charge in [-0.1, -0.05) is 40.2 Å². The summed E-state index contributed by atoms with van der Waals surface area (Å²) >= 11 is 3.58. The summed E-state index contributed by atoms with van der Waals surface area (Å²) in [5.74, 6) is 0.539. The maximum Gasteiger partial charge on any atom is 0.126 e. The van der Waals surface area contributed by atoms with Crippen LogP contribution in [0.2, 0.25) is 0 Å². The van der Waals surface area contributed by atoms with E-state index in [-0.39, 0.29) is 12.3 Å². The van der Waals surface area contributed by atoms with E-state index >= 15 is 0 Å². The van der Waals surface area contributed by atoms with Gasteiger partial charge < -0.3 is 16.2 Å². The van der Waals surface area contributed by atoms with E-state index in [0.717, 1.165) is 47.1 Å². The lowest BCUT2D eigenvalue weighted by Gasteiger charge is -2.37. The van der Waals surface area contributed by atoms with E-state index in [4.69, 9.17) is 10.7 Å². The van der Waals surface area contributed by atoms with Crippen molar-refractivity contribution in [3.8, 4) is 0 Å². The number of aliphatic imine (C=N–C) groups is 1. The second kappa shape index (κ2) is 9.85. The zero-order chi connectivity index (χ0) is 21.0. The molecular weight excluding hydrogens is 428 g/mol. The molecule has 0 aromatic heterocycles. The van der Waals surface area contributed by atoms with Crippen LogP contribution in [0.4, 0.5) is 0 Å². The Hall–Kier alpha value is -1.73. The van der Waals surface area contributed by atoms with E-state index in [2.05, 4.69) is 64.3 Å². The molecule has 1 unspecified atom stereocenters. The van der Waals surface area contributed by atoms with Gasteiger partial charge in [0.25, 0.3) is 0 Å². The number of aryl methyl sites for hydroxylation is 2. The molecule has 1 atom stereocenters. The van der Waals surface area contributed by atoms with Gasteiger partial charge in [-0.25, -0.2) is 0 Å². The van der Waals surface area contributed by atoms with E-state index in [9.17, 15) is 5.11 Å². The predicted molar refractivity (Wildman–Crippen MR) is 123 cm³/mol. The third-order valence-electron chi connectivity index (χ3n) is 5.73. The predicted octanol–water partition coefficient (Wildman–Crippen LogP) is 3.65. The molecule has 4 N–H and O–H groups in total. The van der Waals surface area contributed by atoms with Crippen molar-refractivity contribution in [3.63, 3.8) is 0 Å². The summed E-state index contributed by atoms with van der Waals surface area (Å²) in [6, 6.07) is 12.6. The van der Waals surface area contributed by atoms with Crippen molar-refractivity contribution in [2.75, 3.05) is 20.1 Å². The number of rotatable bonds is 6. The van der Waals surface area contributed by atoms with Gasteiger partial charge in [-0.05, 0) is 68.1 Å². The first kappa shape index (κ1) is 22.0. The molecule has 1 aliphatic rings. The van der Waals surface area contributed by atoms with E-state index in [1.54, 1.807) is 0 Å². The van der Waals surface area contributed by atoms with Gasteiger partial charge in [0.2, 0.25) is 0 Å². The Bertz CT molecular complexity index is 875. The molecule has 0 spiro atoms. The highest BCUT2D eigenvalue weighted by atomic mass is 79.9. The van der Waals surface area contributed by atoms with Crippen LogP contribution >= 0.6 is 15.9 Å². The number of piperidine rings is 1. The van der Waals surface area contributed by atoms with Crippen molar-refractivity contribution in [2.24, 2.45) is 10.7 Å². The van der Waals surface area contributed by atoms with Crippen molar-refractivity contribution >= 4 is 21.8 Å². The minimum atomic E-state index is -0.197. The van der Waals surface area contributed by atoms with Crippen molar-refractivity contribution in [1.29, 1.82) is 0 Å². The molecule has 6 heteroatoms. The van der Waals surface area contributed by atoms with Crippen LogP contribution in [0.1, 0.15) is 46.8 Å². The number of aliphatic hydroxyl groups excluding tert-OH is 1. The number of hydrogen-bond acceptors (Lipinski definition) is 4. The summed E-state index contributed by atoms with van der Waals surface area (Å²) in [6.07, 6.45) is 1.42. The fourth-order valence-electron chi connectivity index (χ4n) is 3.83. The highest BCUT2D eigenvalue weighted by molar-refractivity contribution is 9.10. The topological polar surface area (TPSA) is 73.9 Å². The minimum absolute atomic E-state index is 0.0287. The first-order valence-corrected chi connectivity index (χ1v) is 10.9. The first-order valence-electron chi connectivity index (χ1n) is 10.1. The molecule has 1 saturated heterocycles. The summed E-state index contributed by atoms with van der Waals surface area (Å²) < 4.78 is 0.976. The molecule has 156 valence electrons. The number of nitrogens with two attached hydrogens (primary N) is 1. The molecule has 1 heterocycles. The number of nitrogens with one attached hydrogen (secondary N) is 1. The molecule has 29 heavy (non-hydrogen) atoms. The number of amidine groups is 1. The van der Waals surface area contributed by atoms with Crippen molar-refractivity contribution in [2.45, 2.75) is 45.5 Å². The molecule has 2 aromatic carbocycles. The minimum Gasteiger partial charge on any atom is -0.393 e. The van der Waals surface area contributed by atoms with Gasteiger partial charge in [-0.15, -0.1) is 0 Å². The summed E-state index contributed by atoms with van der Waals surface area (Å²) in [7, 11) is 1.96. The Morgan fingerprint density at radius 3 is 2.59 bits per heavy atom. The average molecular weight is 459 g/mol. The molecule has 0 saturated carbocycles. The normalized spacial score (nSPS) is 17.5. The largest absolute Gasteiger partial charge is 0.393 e. The lowest BCUT2D eigenvalue weighted by Crippen LogP contribution is -2.43. The summed E-state index contributed by atoms with van der Waals surface area (Å²) in [4.78, 5) is 7.06. The van der Waals surface area contributed by atoms with Crippen molar-refractivity contribution < 1.29 is 5.11 Å². The van der Waals surface area contributed by atoms with E-state index in [0.29, 0.717) is 12.4 Å². The lowest BCUT2D eigenvalue weighted by molar-refractivity contribution is 0.0532. The van der Waals surface area contributed by atoms with Crippen molar-refractivity contribution in [1.82, 2.24) is 10.2 Å². The van der Waals surface area contributed by atoms with E-state index in [1.165, 1.54) is 11.1 Å². The van der Waals surface area contributed by atoms with Gasteiger partial charge in [-0.3, -0.25) is 9.89 Å². The molecule has 1 aliphatic heterocycles. The highest BCUT2D eigenvalue weighted by Crippen LogP contribution is 2.27. The van der Waals surface area contributed by atoms with Gasteiger partial charge in [0.05, 0.1) is 18.8 Å². The number of hydrogen-bond donors (Lipinski definition) is 3. The van der Waals surface area contributed by atoms with Gasteiger partial charge >= 0.3 is 0 Å². The molecule has 1 fully saturated rings. The van der Waals surface area contributed by atoms with Gasteiger partial charge in [0.1, 0.15) is 5.84 Å². The Balaban J connectivity index is 1.87. The van der Waals surface area contributed by atoms with Crippen LogP contribution in [-0.2, 0) is 6.54 Å². The zero-order valence-electron chi connectivity index (χ0n) is 17.5. The smallest absolute Gasteiger partial charge is 0.126 e. The van der Waals surface area contributed by atoms with E-state index < -0.39 is 0 Å².